The smallest absolute Gasteiger partial charge is 0.339 e. The van der Waals surface area contributed by atoms with Crippen LogP contribution in [0.2, 0.25) is 0 Å². The minimum atomic E-state index is -1.04. The molecule has 3 rings (SSSR count). The van der Waals surface area contributed by atoms with Crippen LogP contribution in [0.4, 0.5) is 0 Å². The van der Waals surface area contributed by atoms with E-state index in [-0.39, 0.29) is 29.8 Å². The van der Waals surface area contributed by atoms with Gasteiger partial charge in [0, 0.05) is 13.0 Å². The second-order valence-electron chi connectivity index (χ2n) is 6.19. The van der Waals surface area contributed by atoms with Crippen LogP contribution in [0, 0.1) is 11.8 Å². The van der Waals surface area contributed by atoms with Crippen molar-refractivity contribution in [2.75, 3.05) is 7.11 Å². The monoisotopic (exact) mass is 279 g/mol. The molecule has 1 N–H and O–H groups in total. The summed E-state index contributed by atoms with van der Waals surface area (Å²) in [5, 5.41) is 2.88. The SMILES string of the molecule is CO[C@@H]([C@@H]1C=CCCC1)[C@@]12NC(=O)[C@@H](C)[C@]1(C)OC2=O. The first-order valence-electron chi connectivity index (χ1n) is 7.22. The lowest BCUT2D eigenvalue weighted by Gasteiger charge is -2.55. The summed E-state index contributed by atoms with van der Waals surface area (Å²) >= 11 is 0. The molecule has 2 fully saturated rings. The van der Waals surface area contributed by atoms with Crippen LogP contribution < -0.4 is 5.32 Å². The van der Waals surface area contributed by atoms with E-state index in [1.165, 1.54) is 0 Å². The van der Waals surface area contributed by atoms with Crippen molar-refractivity contribution in [3.8, 4) is 0 Å². The fourth-order valence-corrected chi connectivity index (χ4v) is 3.90. The topological polar surface area (TPSA) is 64.6 Å². The van der Waals surface area contributed by atoms with Crippen molar-refractivity contribution in [2.24, 2.45) is 11.8 Å². The molecule has 0 aromatic carbocycles. The lowest BCUT2D eigenvalue weighted by atomic mass is 9.65. The third kappa shape index (κ3) is 1.41. The van der Waals surface area contributed by atoms with E-state index in [4.69, 9.17) is 9.47 Å². The Kier molecular flexibility index (Phi) is 2.94. The van der Waals surface area contributed by atoms with Crippen molar-refractivity contribution in [3.63, 3.8) is 0 Å². The van der Waals surface area contributed by atoms with Crippen molar-refractivity contribution in [3.05, 3.63) is 12.2 Å². The second kappa shape index (κ2) is 4.32. The average molecular weight is 279 g/mol. The van der Waals surface area contributed by atoms with Crippen molar-refractivity contribution in [1.29, 1.82) is 0 Å². The zero-order chi connectivity index (χ0) is 14.5. The van der Waals surface area contributed by atoms with E-state index in [2.05, 4.69) is 17.5 Å². The van der Waals surface area contributed by atoms with E-state index < -0.39 is 11.1 Å². The van der Waals surface area contributed by atoms with Gasteiger partial charge < -0.3 is 14.8 Å². The van der Waals surface area contributed by atoms with Gasteiger partial charge in [-0.15, -0.1) is 0 Å². The number of carbonyl (C=O) groups is 2. The Balaban J connectivity index is 2.00. The lowest BCUT2D eigenvalue weighted by molar-refractivity contribution is -0.239. The molecular formula is C15H21NO4. The molecule has 0 aromatic rings. The minimum Gasteiger partial charge on any atom is -0.453 e. The number of hydrogen-bond acceptors (Lipinski definition) is 4. The standard InChI is InChI=1S/C15H21NO4/c1-9-12(17)16-15(13(18)20-14(9,15)2)11(19-3)10-7-5-4-6-8-10/h5,7,9-11H,4,6,8H2,1-3H3,(H,16,17)/t9-,10-,11+,14+,15+/m1/s1. The van der Waals surface area contributed by atoms with Crippen LogP contribution in [-0.2, 0) is 19.1 Å². The van der Waals surface area contributed by atoms with Gasteiger partial charge in [0.2, 0.25) is 11.4 Å². The molecule has 5 atom stereocenters. The fraction of sp³-hybridized carbons (Fsp3) is 0.733. The predicted molar refractivity (Wildman–Crippen MR) is 71.8 cm³/mol. The zero-order valence-electron chi connectivity index (χ0n) is 12.1. The molecule has 0 bridgehead atoms. The average Bonchev–Trinajstić information content (AvgIpc) is 2.60. The van der Waals surface area contributed by atoms with Crippen molar-refractivity contribution >= 4 is 11.9 Å². The number of hydrogen-bond donors (Lipinski definition) is 1. The number of esters is 1. The summed E-state index contributed by atoms with van der Waals surface area (Å²) in [5.41, 5.74) is -1.85. The maximum atomic E-state index is 12.2. The van der Waals surface area contributed by atoms with E-state index >= 15 is 0 Å². The minimum absolute atomic E-state index is 0.131. The molecule has 2 heterocycles. The molecule has 0 unspecified atom stereocenters. The maximum absolute atomic E-state index is 12.2. The third-order valence-corrected chi connectivity index (χ3v) is 5.31. The molecule has 2 aliphatic heterocycles. The Labute approximate surface area is 118 Å². The number of rotatable bonds is 3. The highest BCUT2D eigenvalue weighted by molar-refractivity contribution is 6.01. The summed E-state index contributed by atoms with van der Waals surface area (Å²) in [6.07, 6.45) is 6.95. The number of methoxy groups -OCH3 is 1. The molecule has 5 heteroatoms. The number of amides is 1. The van der Waals surface area contributed by atoms with E-state index in [1.807, 2.05) is 6.92 Å². The van der Waals surface area contributed by atoms with Gasteiger partial charge in [-0.05, 0) is 33.1 Å². The van der Waals surface area contributed by atoms with Crippen molar-refractivity contribution in [1.82, 2.24) is 5.32 Å². The number of allylic oxidation sites excluding steroid dienone is 1. The van der Waals surface area contributed by atoms with Crippen LogP contribution in [0.5, 0.6) is 0 Å². The Bertz CT molecular complexity index is 488. The molecule has 20 heavy (non-hydrogen) atoms. The first kappa shape index (κ1) is 13.6. The van der Waals surface area contributed by atoms with Crippen LogP contribution in [-0.4, -0.2) is 36.2 Å². The van der Waals surface area contributed by atoms with Gasteiger partial charge in [0.1, 0.15) is 6.10 Å². The van der Waals surface area contributed by atoms with Gasteiger partial charge in [-0.2, -0.15) is 0 Å². The largest absolute Gasteiger partial charge is 0.453 e. The van der Waals surface area contributed by atoms with Crippen molar-refractivity contribution < 1.29 is 19.1 Å². The van der Waals surface area contributed by atoms with E-state index in [1.54, 1.807) is 14.0 Å². The maximum Gasteiger partial charge on any atom is 0.339 e. The van der Waals surface area contributed by atoms with Crippen LogP contribution in [0.15, 0.2) is 12.2 Å². The van der Waals surface area contributed by atoms with Gasteiger partial charge in [0.25, 0.3) is 0 Å². The molecule has 1 aliphatic carbocycles. The molecule has 0 aromatic heterocycles. The highest BCUT2D eigenvalue weighted by atomic mass is 16.6. The summed E-state index contributed by atoms with van der Waals surface area (Å²) in [7, 11) is 1.60. The molecule has 110 valence electrons. The summed E-state index contributed by atoms with van der Waals surface area (Å²) < 4.78 is 11.0. The molecule has 0 radical (unpaired) electrons. The first-order valence-corrected chi connectivity index (χ1v) is 7.22. The summed E-state index contributed by atoms with van der Waals surface area (Å²) in [4.78, 5) is 24.3. The molecule has 0 spiro atoms. The Morgan fingerprint density at radius 1 is 1.50 bits per heavy atom. The highest BCUT2D eigenvalue weighted by Gasteiger charge is 2.79. The van der Waals surface area contributed by atoms with Gasteiger partial charge in [-0.1, -0.05) is 12.2 Å². The molecule has 1 amide bonds. The Morgan fingerprint density at radius 2 is 2.25 bits per heavy atom. The third-order valence-electron chi connectivity index (χ3n) is 5.31. The van der Waals surface area contributed by atoms with E-state index in [0.29, 0.717) is 0 Å². The molecular weight excluding hydrogens is 258 g/mol. The Hall–Kier alpha value is -1.36. The predicted octanol–water partition coefficient (Wildman–Crippen LogP) is 1.18. The molecule has 0 saturated carbocycles. The number of ether oxygens (including phenoxy) is 2. The second-order valence-corrected chi connectivity index (χ2v) is 6.19. The Morgan fingerprint density at radius 3 is 2.75 bits per heavy atom. The van der Waals surface area contributed by atoms with Gasteiger partial charge in [-0.3, -0.25) is 4.79 Å². The quantitative estimate of drug-likeness (QED) is 0.622. The van der Waals surface area contributed by atoms with Crippen molar-refractivity contribution in [2.45, 2.75) is 50.4 Å². The van der Waals surface area contributed by atoms with Gasteiger partial charge in [-0.25, -0.2) is 4.79 Å². The lowest BCUT2D eigenvalue weighted by Crippen LogP contribution is -2.80. The van der Waals surface area contributed by atoms with Gasteiger partial charge in [0.05, 0.1) is 5.92 Å². The van der Waals surface area contributed by atoms with Crippen LogP contribution in [0.25, 0.3) is 0 Å². The van der Waals surface area contributed by atoms with Gasteiger partial charge >= 0.3 is 5.97 Å². The fourth-order valence-electron chi connectivity index (χ4n) is 3.90. The summed E-state index contributed by atoms with van der Waals surface area (Å²) in [5.74, 6) is -0.736. The van der Waals surface area contributed by atoms with Gasteiger partial charge in [0.15, 0.2) is 5.60 Å². The summed E-state index contributed by atoms with van der Waals surface area (Å²) in [6.45, 7) is 3.63. The number of nitrogens with one attached hydrogen (secondary N) is 1. The van der Waals surface area contributed by atoms with Crippen LogP contribution in [0.1, 0.15) is 33.1 Å². The van der Waals surface area contributed by atoms with Crippen LogP contribution in [0.3, 0.4) is 0 Å². The number of fused-ring (bicyclic) bond motifs is 1. The van der Waals surface area contributed by atoms with Crippen LogP contribution >= 0.6 is 0 Å². The highest BCUT2D eigenvalue weighted by Crippen LogP contribution is 2.53. The summed E-state index contributed by atoms with van der Waals surface area (Å²) in [6, 6.07) is 0. The van der Waals surface area contributed by atoms with E-state index in [9.17, 15) is 9.59 Å². The van der Waals surface area contributed by atoms with E-state index in [0.717, 1.165) is 19.3 Å². The zero-order valence-corrected chi connectivity index (χ0v) is 12.1. The first-order chi connectivity index (χ1) is 9.47. The number of carbonyl (C=O) groups excluding carboxylic acids is 2. The molecule has 3 aliphatic rings. The molecule has 2 saturated heterocycles. The molecule has 5 nitrogen and oxygen atoms in total. The normalized spacial score (nSPS) is 44.4.